The van der Waals surface area contributed by atoms with E-state index in [2.05, 4.69) is 0 Å². The molecule has 0 spiro atoms. The van der Waals surface area contributed by atoms with Crippen molar-refractivity contribution >= 4 is 5.78 Å². The highest BCUT2D eigenvalue weighted by Gasteiger charge is 2.54. The fraction of sp³-hybridized carbons (Fsp3) is 0.857. The molecule has 1 saturated heterocycles. The van der Waals surface area contributed by atoms with Crippen LogP contribution in [0.4, 0.5) is 0 Å². The zero-order chi connectivity index (χ0) is 22.6. The average Bonchev–Trinajstić information content (AvgIpc) is 2.83. The van der Waals surface area contributed by atoms with Crippen LogP contribution in [0.15, 0.2) is 11.1 Å². The number of ether oxygens (including phenoxy) is 2. The molecule has 9 nitrogen and oxygen atoms in total. The van der Waals surface area contributed by atoms with E-state index < -0.39 is 60.5 Å². The molecule has 9 heteroatoms. The molecule has 9 atom stereocenters. The highest BCUT2D eigenvalue weighted by atomic mass is 16.7. The Morgan fingerprint density at radius 1 is 1.17 bits per heavy atom. The van der Waals surface area contributed by atoms with Gasteiger partial charge in [0.05, 0.1) is 23.9 Å². The third-order valence-corrected chi connectivity index (χ3v) is 7.28. The molecule has 1 saturated carbocycles. The van der Waals surface area contributed by atoms with Gasteiger partial charge in [-0.05, 0) is 50.7 Å². The lowest BCUT2D eigenvalue weighted by atomic mass is 9.80. The Hall–Kier alpha value is -0.910. The molecule has 0 aromatic rings. The number of aliphatic hydroxyl groups excluding tert-OH is 5. The van der Waals surface area contributed by atoms with Crippen molar-refractivity contribution < 1.29 is 44.9 Å². The van der Waals surface area contributed by atoms with Crippen LogP contribution in [0.5, 0.6) is 0 Å². The molecular formula is C21H34O9. The number of allylic oxidation sites excluding steroid dienone is 1. The Kier molecular flexibility index (Phi) is 6.50. The third kappa shape index (κ3) is 3.86. The van der Waals surface area contributed by atoms with Gasteiger partial charge < -0.3 is 40.1 Å². The van der Waals surface area contributed by atoms with Crippen molar-refractivity contribution in [1.29, 1.82) is 0 Å². The number of hydrogen-bond acceptors (Lipinski definition) is 9. The summed E-state index contributed by atoms with van der Waals surface area (Å²) >= 11 is 0. The van der Waals surface area contributed by atoms with Crippen LogP contribution in [0.1, 0.15) is 47.0 Å². The van der Waals surface area contributed by atoms with Crippen molar-refractivity contribution in [3.8, 4) is 0 Å². The molecule has 0 aromatic heterocycles. The predicted octanol–water partition coefficient (Wildman–Crippen LogP) is -0.991. The molecule has 1 heterocycles. The lowest BCUT2D eigenvalue weighted by molar-refractivity contribution is -0.330. The lowest BCUT2D eigenvalue weighted by Crippen LogP contribution is -2.61. The standard InChI is InChI=1S/C21H34O9/c1-9-5-13(23)12(6-11-10(2)14(24)7-21(9,11)28)20(3,4)30-19-18(27)17(26)16(25)15(8-22)29-19/h9,12-13,15-19,22-23,25-28H,5-8H2,1-4H3. The Labute approximate surface area is 175 Å². The molecule has 30 heavy (non-hydrogen) atoms. The molecule has 172 valence electrons. The molecule has 0 radical (unpaired) electrons. The van der Waals surface area contributed by atoms with Crippen LogP contribution < -0.4 is 0 Å². The van der Waals surface area contributed by atoms with E-state index in [0.29, 0.717) is 11.1 Å². The van der Waals surface area contributed by atoms with Crippen LogP contribution >= 0.6 is 0 Å². The van der Waals surface area contributed by atoms with Gasteiger partial charge in [0.25, 0.3) is 0 Å². The number of fused-ring (bicyclic) bond motifs is 1. The lowest BCUT2D eigenvalue weighted by Gasteiger charge is -2.45. The van der Waals surface area contributed by atoms with Gasteiger partial charge in [-0.25, -0.2) is 0 Å². The minimum Gasteiger partial charge on any atom is -0.394 e. The summed E-state index contributed by atoms with van der Waals surface area (Å²) < 4.78 is 11.4. The first-order valence-corrected chi connectivity index (χ1v) is 10.5. The van der Waals surface area contributed by atoms with Crippen LogP contribution in [0.25, 0.3) is 0 Å². The van der Waals surface area contributed by atoms with Crippen molar-refractivity contribution in [2.45, 2.75) is 95.0 Å². The Morgan fingerprint density at radius 2 is 1.80 bits per heavy atom. The van der Waals surface area contributed by atoms with E-state index >= 15 is 0 Å². The minimum absolute atomic E-state index is 0.00275. The predicted molar refractivity (Wildman–Crippen MR) is 104 cm³/mol. The fourth-order valence-electron chi connectivity index (χ4n) is 5.12. The van der Waals surface area contributed by atoms with Gasteiger partial charge in [-0.2, -0.15) is 0 Å². The monoisotopic (exact) mass is 430 g/mol. The second kappa shape index (κ2) is 8.22. The van der Waals surface area contributed by atoms with Gasteiger partial charge in [0, 0.05) is 12.3 Å². The number of carbonyl (C=O) groups is 1. The molecule has 2 aliphatic carbocycles. The molecule has 3 rings (SSSR count). The van der Waals surface area contributed by atoms with Gasteiger partial charge in [0.15, 0.2) is 12.1 Å². The molecular weight excluding hydrogens is 396 g/mol. The van der Waals surface area contributed by atoms with E-state index in [1.165, 1.54) is 0 Å². The number of carbonyl (C=O) groups excluding carboxylic acids is 1. The van der Waals surface area contributed by atoms with Gasteiger partial charge in [-0.3, -0.25) is 4.79 Å². The number of hydrogen-bond donors (Lipinski definition) is 6. The Bertz CT molecular complexity index is 703. The maximum atomic E-state index is 12.3. The maximum Gasteiger partial charge on any atom is 0.187 e. The van der Waals surface area contributed by atoms with Gasteiger partial charge in [0.2, 0.25) is 0 Å². The summed E-state index contributed by atoms with van der Waals surface area (Å²) in [5.41, 5.74) is -1.29. The molecule has 0 aromatic carbocycles. The summed E-state index contributed by atoms with van der Waals surface area (Å²) in [7, 11) is 0. The topological polar surface area (TPSA) is 157 Å². The zero-order valence-electron chi connectivity index (χ0n) is 17.9. The average molecular weight is 430 g/mol. The molecule has 1 aliphatic heterocycles. The quantitative estimate of drug-likeness (QED) is 0.329. The van der Waals surface area contributed by atoms with E-state index in [-0.39, 0.29) is 31.0 Å². The van der Waals surface area contributed by atoms with Crippen molar-refractivity contribution in [3.63, 3.8) is 0 Å². The molecule has 0 amide bonds. The van der Waals surface area contributed by atoms with Crippen LogP contribution in [-0.4, -0.2) is 91.0 Å². The molecule has 3 aliphatic rings. The third-order valence-electron chi connectivity index (χ3n) is 7.28. The van der Waals surface area contributed by atoms with E-state index in [1.807, 2.05) is 6.92 Å². The summed E-state index contributed by atoms with van der Waals surface area (Å²) in [6.45, 7) is 6.32. The highest BCUT2D eigenvalue weighted by Crippen LogP contribution is 2.49. The highest BCUT2D eigenvalue weighted by molar-refractivity contribution is 6.00. The maximum absolute atomic E-state index is 12.3. The number of aliphatic hydroxyl groups is 6. The van der Waals surface area contributed by atoms with Gasteiger partial charge in [-0.15, -0.1) is 0 Å². The summed E-state index contributed by atoms with van der Waals surface area (Å²) in [6, 6.07) is 0. The van der Waals surface area contributed by atoms with Crippen molar-refractivity contribution in [2.24, 2.45) is 11.8 Å². The van der Waals surface area contributed by atoms with Crippen LogP contribution in [-0.2, 0) is 14.3 Å². The van der Waals surface area contributed by atoms with Crippen molar-refractivity contribution in [2.75, 3.05) is 6.61 Å². The first-order valence-electron chi connectivity index (χ1n) is 10.5. The molecule has 0 bridgehead atoms. The summed E-state index contributed by atoms with van der Waals surface area (Å²) in [6.07, 6.45) is -7.45. The van der Waals surface area contributed by atoms with Crippen molar-refractivity contribution in [3.05, 3.63) is 11.1 Å². The fourth-order valence-corrected chi connectivity index (χ4v) is 5.12. The first-order chi connectivity index (χ1) is 13.8. The SMILES string of the molecule is CC1=C2CC(C(C)(C)OC3OC(CO)C(O)C(O)C3O)C(O)CC(C)C2(O)CC1=O. The van der Waals surface area contributed by atoms with Gasteiger partial charge in [0.1, 0.15) is 24.4 Å². The number of Topliss-reactive ketones (excluding diaryl/α,β-unsaturated/α-hetero) is 1. The Balaban J connectivity index is 1.87. The normalized spacial score (nSPS) is 45.5. The molecule has 9 unspecified atom stereocenters. The van der Waals surface area contributed by atoms with Gasteiger partial charge >= 0.3 is 0 Å². The Morgan fingerprint density at radius 3 is 2.40 bits per heavy atom. The molecule has 2 fully saturated rings. The first kappa shape index (κ1) is 23.7. The number of rotatable bonds is 4. The smallest absolute Gasteiger partial charge is 0.187 e. The number of ketones is 1. The molecule has 6 N–H and O–H groups in total. The van der Waals surface area contributed by atoms with E-state index in [9.17, 15) is 35.4 Å². The van der Waals surface area contributed by atoms with Gasteiger partial charge in [-0.1, -0.05) is 6.92 Å². The van der Waals surface area contributed by atoms with Crippen LogP contribution in [0.2, 0.25) is 0 Å². The second-order valence-electron chi connectivity index (χ2n) is 9.56. The second-order valence-corrected chi connectivity index (χ2v) is 9.56. The van der Waals surface area contributed by atoms with E-state index in [0.717, 1.165) is 0 Å². The zero-order valence-corrected chi connectivity index (χ0v) is 17.9. The minimum atomic E-state index is -1.57. The summed E-state index contributed by atoms with van der Waals surface area (Å²) in [4.78, 5) is 12.3. The van der Waals surface area contributed by atoms with E-state index in [1.54, 1.807) is 20.8 Å². The summed E-state index contributed by atoms with van der Waals surface area (Å²) in [5.74, 6) is -0.990. The van der Waals surface area contributed by atoms with E-state index in [4.69, 9.17) is 9.47 Å². The van der Waals surface area contributed by atoms with Crippen LogP contribution in [0.3, 0.4) is 0 Å². The largest absolute Gasteiger partial charge is 0.394 e. The summed E-state index contributed by atoms with van der Waals surface area (Å²) in [5, 5.41) is 61.8. The van der Waals surface area contributed by atoms with Crippen LogP contribution in [0, 0.1) is 11.8 Å². The van der Waals surface area contributed by atoms with Crippen molar-refractivity contribution in [1.82, 2.24) is 0 Å².